The van der Waals surface area contributed by atoms with Gasteiger partial charge in [-0.15, -0.1) is 0 Å². The first kappa shape index (κ1) is 12.9. The molecule has 1 amide bonds. The Kier molecular flexibility index (Phi) is 3.30. The number of carbonyl (C=O) groups excluding carboxylic acids is 1. The number of aromatic nitrogens is 2. The van der Waals surface area contributed by atoms with Crippen molar-refractivity contribution in [2.24, 2.45) is 5.41 Å². The molecule has 0 saturated carbocycles. The van der Waals surface area contributed by atoms with Crippen molar-refractivity contribution < 1.29 is 4.79 Å². The van der Waals surface area contributed by atoms with Crippen LogP contribution in [-0.2, 0) is 4.79 Å². The van der Waals surface area contributed by atoms with Crippen LogP contribution in [0.3, 0.4) is 0 Å². The van der Waals surface area contributed by atoms with Gasteiger partial charge in [-0.3, -0.25) is 4.79 Å². The monoisotopic (exact) mass is 265 g/mol. The molecule has 0 aliphatic carbocycles. The number of fused-ring (bicyclic) bond motifs is 1. The van der Waals surface area contributed by atoms with E-state index in [2.05, 4.69) is 15.3 Å². The Morgan fingerprint density at radius 2 is 2.17 bits per heavy atom. The Balaban J connectivity index is 2.14. The maximum atomic E-state index is 11.8. The zero-order valence-electron chi connectivity index (χ0n) is 10.7. The fourth-order valence-corrected chi connectivity index (χ4v) is 1.94. The molecule has 0 aliphatic heterocycles. The van der Waals surface area contributed by atoms with Crippen LogP contribution in [0, 0.1) is 5.41 Å². The topological polar surface area (TPSA) is 57.8 Å². The molecule has 18 heavy (non-hydrogen) atoms. The van der Waals surface area contributed by atoms with Crippen LogP contribution >= 0.6 is 11.6 Å². The first-order valence-corrected chi connectivity index (χ1v) is 6.16. The summed E-state index contributed by atoms with van der Waals surface area (Å²) in [6.07, 6.45) is 0.481. The SMILES string of the molecule is CC(C)(C)CC(=O)Nc1ccc2nc(Cl)[nH]c2c1. The first-order valence-electron chi connectivity index (χ1n) is 5.79. The zero-order chi connectivity index (χ0) is 13.3. The lowest BCUT2D eigenvalue weighted by molar-refractivity contribution is -0.117. The number of hydrogen-bond acceptors (Lipinski definition) is 2. The molecule has 2 N–H and O–H groups in total. The Morgan fingerprint density at radius 3 is 2.83 bits per heavy atom. The summed E-state index contributed by atoms with van der Waals surface area (Å²) in [6, 6.07) is 5.47. The molecule has 5 heteroatoms. The Labute approximate surface area is 111 Å². The van der Waals surface area contributed by atoms with Crippen molar-refractivity contribution in [3.05, 3.63) is 23.5 Å². The van der Waals surface area contributed by atoms with Crippen molar-refractivity contribution in [2.75, 3.05) is 5.32 Å². The van der Waals surface area contributed by atoms with E-state index in [-0.39, 0.29) is 11.3 Å². The van der Waals surface area contributed by atoms with Crippen LogP contribution in [0.5, 0.6) is 0 Å². The predicted molar refractivity (Wildman–Crippen MR) is 73.8 cm³/mol. The third-order valence-corrected chi connectivity index (χ3v) is 2.61. The van der Waals surface area contributed by atoms with Crippen molar-refractivity contribution in [1.82, 2.24) is 9.97 Å². The Bertz CT molecular complexity index is 583. The summed E-state index contributed by atoms with van der Waals surface area (Å²) in [5.41, 5.74) is 2.32. The molecule has 4 nitrogen and oxygen atoms in total. The zero-order valence-corrected chi connectivity index (χ0v) is 11.4. The molecular formula is C13H16ClN3O. The Hall–Kier alpha value is -1.55. The van der Waals surface area contributed by atoms with Crippen LogP contribution in [0.4, 0.5) is 5.69 Å². The average Bonchev–Trinajstić information content (AvgIpc) is 2.53. The highest BCUT2D eigenvalue weighted by Gasteiger charge is 2.16. The second-order valence-electron chi connectivity index (χ2n) is 5.55. The fourth-order valence-electron chi connectivity index (χ4n) is 1.74. The molecule has 0 fully saturated rings. The number of hydrogen-bond donors (Lipinski definition) is 2. The van der Waals surface area contributed by atoms with Gasteiger partial charge in [-0.2, -0.15) is 0 Å². The number of anilines is 1. The van der Waals surface area contributed by atoms with Crippen LogP contribution in [0.1, 0.15) is 27.2 Å². The molecule has 2 rings (SSSR count). The van der Waals surface area contributed by atoms with E-state index in [0.29, 0.717) is 11.7 Å². The summed E-state index contributed by atoms with van der Waals surface area (Å²) in [4.78, 5) is 18.8. The molecule has 0 spiro atoms. The van der Waals surface area contributed by atoms with Gasteiger partial charge in [0.05, 0.1) is 11.0 Å². The van der Waals surface area contributed by atoms with Crippen molar-refractivity contribution in [2.45, 2.75) is 27.2 Å². The molecular weight excluding hydrogens is 250 g/mol. The van der Waals surface area contributed by atoms with Crippen molar-refractivity contribution >= 4 is 34.2 Å². The largest absolute Gasteiger partial charge is 0.329 e. The van der Waals surface area contributed by atoms with E-state index in [1.807, 2.05) is 39.0 Å². The summed E-state index contributed by atoms with van der Waals surface area (Å²) in [5, 5.41) is 3.22. The van der Waals surface area contributed by atoms with Gasteiger partial charge in [0.15, 0.2) is 0 Å². The molecule has 2 aromatic rings. The number of imidazole rings is 1. The fraction of sp³-hybridized carbons (Fsp3) is 0.385. The van der Waals surface area contributed by atoms with E-state index < -0.39 is 0 Å². The number of halogens is 1. The summed E-state index contributed by atoms with van der Waals surface area (Å²) >= 11 is 5.77. The van der Waals surface area contributed by atoms with Crippen molar-refractivity contribution in [1.29, 1.82) is 0 Å². The maximum absolute atomic E-state index is 11.8. The lowest BCUT2D eigenvalue weighted by Gasteiger charge is -2.17. The molecule has 1 aromatic heterocycles. The molecule has 1 heterocycles. The number of nitrogens with one attached hydrogen (secondary N) is 2. The summed E-state index contributed by atoms with van der Waals surface area (Å²) in [6.45, 7) is 6.10. The van der Waals surface area contributed by atoms with Gasteiger partial charge in [0.2, 0.25) is 11.2 Å². The van der Waals surface area contributed by atoms with Crippen LogP contribution in [0.25, 0.3) is 11.0 Å². The smallest absolute Gasteiger partial charge is 0.224 e. The van der Waals surface area contributed by atoms with E-state index >= 15 is 0 Å². The first-order chi connectivity index (χ1) is 8.33. The van der Waals surface area contributed by atoms with Crippen LogP contribution in [0.15, 0.2) is 18.2 Å². The lowest BCUT2D eigenvalue weighted by atomic mass is 9.92. The number of benzene rings is 1. The van der Waals surface area contributed by atoms with E-state index in [1.165, 1.54) is 0 Å². The quantitative estimate of drug-likeness (QED) is 0.872. The minimum absolute atomic E-state index is 0.00691. The molecule has 0 unspecified atom stereocenters. The molecule has 0 bridgehead atoms. The molecule has 96 valence electrons. The highest BCUT2D eigenvalue weighted by Crippen LogP contribution is 2.22. The minimum atomic E-state index is -0.0223. The summed E-state index contributed by atoms with van der Waals surface area (Å²) < 4.78 is 0. The molecule has 0 saturated heterocycles. The summed E-state index contributed by atoms with van der Waals surface area (Å²) in [7, 11) is 0. The third kappa shape index (κ3) is 3.23. The number of amides is 1. The van der Waals surface area contributed by atoms with Gasteiger partial charge in [-0.25, -0.2) is 4.98 Å². The third-order valence-electron chi connectivity index (χ3n) is 2.43. The highest BCUT2D eigenvalue weighted by molar-refractivity contribution is 6.29. The van der Waals surface area contributed by atoms with Crippen LogP contribution in [-0.4, -0.2) is 15.9 Å². The van der Waals surface area contributed by atoms with Crippen LogP contribution in [0.2, 0.25) is 5.28 Å². The number of H-pyrrole nitrogens is 1. The van der Waals surface area contributed by atoms with Gasteiger partial charge in [0, 0.05) is 12.1 Å². The van der Waals surface area contributed by atoms with Crippen molar-refractivity contribution in [3.8, 4) is 0 Å². The van der Waals surface area contributed by atoms with Crippen molar-refractivity contribution in [3.63, 3.8) is 0 Å². The molecule has 0 radical (unpaired) electrons. The highest BCUT2D eigenvalue weighted by atomic mass is 35.5. The predicted octanol–water partition coefficient (Wildman–Crippen LogP) is 3.59. The van der Waals surface area contributed by atoms with Gasteiger partial charge < -0.3 is 10.3 Å². The van der Waals surface area contributed by atoms with Gasteiger partial charge in [-0.1, -0.05) is 20.8 Å². The van der Waals surface area contributed by atoms with Gasteiger partial charge >= 0.3 is 0 Å². The maximum Gasteiger partial charge on any atom is 0.224 e. The normalized spacial score (nSPS) is 11.8. The molecule has 0 atom stereocenters. The summed E-state index contributed by atoms with van der Waals surface area (Å²) in [5.74, 6) is 0.00691. The second kappa shape index (κ2) is 4.61. The van der Waals surface area contributed by atoms with Gasteiger partial charge in [0.1, 0.15) is 0 Å². The van der Waals surface area contributed by atoms with Crippen LogP contribution < -0.4 is 5.32 Å². The molecule has 1 aromatic carbocycles. The van der Waals surface area contributed by atoms with E-state index in [4.69, 9.17) is 11.6 Å². The van der Waals surface area contributed by atoms with E-state index in [9.17, 15) is 4.79 Å². The van der Waals surface area contributed by atoms with E-state index in [1.54, 1.807) is 0 Å². The second-order valence-corrected chi connectivity index (χ2v) is 5.90. The van der Waals surface area contributed by atoms with Gasteiger partial charge in [-0.05, 0) is 35.2 Å². The number of aromatic amines is 1. The lowest BCUT2D eigenvalue weighted by Crippen LogP contribution is -2.19. The number of rotatable bonds is 2. The number of nitrogens with zero attached hydrogens (tertiary/aromatic N) is 1. The van der Waals surface area contributed by atoms with E-state index in [0.717, 1.165) is 16.7 Å². The minimum Gasteiger partial charge on any atom is -0.329 e. The number of carbonyl (C=O) groups is 1. The average molecular weight is 266 g/mol. The Morgan fingerprint density at radius 1 is 1.44 bits per heavy atom. The molecule has 0 aliphatic rings. The van der Waals surface area contributed by atoms with Gasteiger partial charge in [0.25, 0.3) is 0 Å². The standard InChI is InChI=1S/C13H16ClN3O/c1-13(2,3)7-11(18)15-8-4-5-9-10(6-8)17-12(14)16-9/h4-6H,7H2,1-3H3,(H,15,18)(H,16,17).